The lowest BCUT2D eigenvalue weighted by atomic mass is 9.99. The summed E-state index contributed by atoms with van der Waals surface area (Å²) in [7, 11) is 3.32. The Kier molecular flexibility index (Phi) is 5.04. The predicted octanol–water partition coefficient (Wildman–Crippen LogP) is 3.71. The number of ether oxygens (including phenoxy) is 2. The highest BCUT2D eigenvalue weighted by molar-refractivity contribution is 9.10. The maximum absolute atomic E-state index is 6.32. The molecular formula is C16H18BrNO2. The summed E-state index contributed by atoms with van der Waals surface area (Å²) < 4.78 is 11.6. The first-order valence-electron chi connectivity index (χ1n) is 6.36. The Morgan fingerprint density at radius 2 is 1.90 bits per heavy atom. The van der Waals surface area contributed by atoms with Crippen molar-refractivity contribution in [2.24, 2.45) is 5.73 Å². The monoisotopic (exact) mass is 335 g/mol. The molecule has 0 saturated carbocycles. The van der Waals surface area contributed by atoms with E-state index in [2.05, 4.69) is 15.9 Å². The van der Waals surface area contributed by atoms with E-state index in [1.807, 2.05) is 42.5 Å². The fraction of sp³-hybridized carbons (Fsp3) is 0.250. The van der Waals surface area contributed by atoms with E-state index in [0.29, 0.717) is 0 Å². The third-order valence-electron chi connectivity index (χ3n) is 3.18. The Morgan fingerprint density at radius 1 is 1.10 bits per heavy atom. The van der Waals surface area contributed by atoms with Gasteiger partial charge < -0.3 is 15.2 Å². The topological polar surface area (TPSA) is 44.5 Å². The van der Waals surface area contributed by atoms with Gasteiger partial charge in [-0.1, -0.05) is 28.1 Å². The Labute approximate surface area is 127 Å². The summed E-state index contributed by atoms with van der Waals surface area (Å²) >= 11 is 3.47. The van der Waals surface area contributed by atoms with Crippen molar-refractivity contribution in [3.63, 3.8) is 0 Å². The Balaban J connectivity index is 2.23. The number of nitrogens with two attached hydrogens (primary N) is 1. The molecule has 106 valence electrons. The molecule has 0 aliphatic heterocycles. The van der Waals surface area contributed by atoms with Crippen LogP contribution in [0.5, 0.6) is 11.5 Å². The number of hydrogen-bond acceptors (Lipinski definition) is 3. The summed E-state index contributed by atoms with van der Waals surface area (Å²) in [6.07, 6.45) is 0.726. The van der Waals surface area contributed by atoms with Crippen LogP contribution in [0.2, 0.25) is 0 Å². The second-order valence-electron chi connectivity index (χ2n) is 4.55. The Morgan fingerprint density at radius 3 is 2.60 bits per heavy atom. The van der Waals surface area contributed by atoms with Gasteiger partial charge in [-0.3, -0.25) is 0 Å². The molecule has 0 amide bonds. The van der Waals surface area contributed by atoms with Crippen LogP contribution in [0.4, 0.5) is 0 Å². The van der Waals surface area contributed by atoms with E-state index in [4.69, 9.17) is 15.2 Å². The van der Waals surface area contributed by atoms with E-state index in [9.17, 15) is 0 Å². The first-order valence-corrected chi connectivity index (χ1v) is 7.15. The molecular weight excluding hydrogens is 318 g/mol. The maximum Gasteiger partial charge on any atom is 0.123 e. The average Bonchev–Trinajstić information content (AvgIpc) is 2.47. The van der Waals surface area contributed by atoms with Gasteiger partial charge in [-0.2, -0.15) is 0 Å². The van der Waals surface area contributed by atoms with Gasteiger partial charge in [0, 0.05) is 16.1 Å². The van der Waals surface area contributed by atoms with Crippen LogP contribution in [0.15, 0.2) is 46.9 Å². The van der Waals surface area contributed by atoms with E-state index in [1.54, 1.807) is 14.2 Å². The molecule has 0 spiro atoms. The lowest BCUT2D eigenvalue weighted by Crippen LogP contribution is -2.14. The van der Waals surface area contributed by atoms with Crippen LogP contribution in [-0.2, 0) is 6.42 Å². The van der Waals surface area contributed by atoms with E-state index in [0.717, 1.165) is 33.5 Å². The first kappa shape index (κ1) is 14.9. The van der Waals surface area contributed by atoms with Crippen molar-refractivity contribution in [1.82, 2.24) is 0 Å². The summed E-state index contributed by atoms with van der Waals surface area (Å²) in [6.45, 7) is 0. The molecule has 3 nitrogen and oxygen atoms in total. The molecule has 4 heteroatoms. The SMILES string of the molecule is COc1cccc(CC(N)c2cc(Br)ccc2OC)c1. The molecule has 0 aliphatic rings. The molecule has 0 saturated heterocycles. The molecule has 0 bridgehead atoms. The number of rotatable bonds is 5. The van der Waals surface area contributed by atoms with Gasteiger partial charge in [0.05, 0.1) is 14.2 Å². The summed E-state index contributed by atoms with van der Waals surface area (Å²) in [6, 6.07) is 13.7. The smallest absolute Gasteiger partial charge is 0.123 e. The molecule has 1 atom stereocenters. The zero-order valence-electron chi connectivity index (χ0n) is 11.6. The van der Waals surface area contributed by atoms with Crippen LogP contribution >= 0.6 is 15.9 Å². The predicted molar refractivity (Wildman–Crippen MR) is 84.3 cm³/mol. The lowest BCUT2D eigenvalue weighted by molar-refractivity contribution is 0.405. The van der Waals surface area contributed by atoms with Crippen LogP contribution in [0.25, 0.3) is 0 Å². The van der Waals surface area contributed by atoms with Crippen LogP contribution in [0, 0.1) is 0 Å². The molecule has 0 aliphatic carbocycles. The van der Waals surface area contributed by atoms with Crippen molar-refractivity contribution in [2.75, 3.05) is 14.2 Å². The highest BCUT2D eigenvalue weighted by atomic mass is 79.9. The maximum atomic E-state index is 6.32. The molecule has 1 unspecified atom stereocenters. The third-order valence-corrected chi connectivity index (χ3v) is 3.67. The van der Waals surface area contributed by atoms with Gasteiger partial charge in [0.15, 0.2) is 0 Å². The van der Waals surface area contributed by atoms with Gasteiger partial charge in [-0.15, -0.1) is 0 Å². The van der Waals surface area contributed by atoms with Gasteiger partial charge in [0.1, 0.15) is 11.5 Å². The van der Waals surface area contributed by atoms with E-state index < -0.39 is 0 Å². The zero-order chi connectivity index (χ0) is 14.5. The van der Waals surface area contributed by atoms with Gasteiger partial charge in [-0.05, 0) is 42.3 Å². The summed E-state index contributed by atoms with van der Waals surface area (Å²) in [5.41, 5.74) is 8.45. The van der Waals surface area contributed by atoms with Crippen molar-refractivity contribution >= 4 is 15.9 Å². The van der Waals surface area contributed by atoms with Crippen LogP contribution in [0.3, 0.4) is 0 Å². The summed E-state index contributed by atoms with van der Waals surface area (Å²) in [4.78, 5) is 0. The minimum absolute atomic E-state index is 0.130. The minimum Gasteiger partial charge on any atom is -0.497 e. The third kappa shape index (κ3) is 3.52. The molecule has 0 radical (unpaired) electrons. The molecule has 2 N–H and O–H groups in total. The van der Waals surface area contributed by atoms with Gasteiger partial charge >= 0.3 is 0 Å². The van der Waals surface area contributed by atoms with Crippen molar-refractivity contribution in [3.05, 3.63) is 58.1 Å². The van der Waals surface area contributed by atoms with Crippen LogP contribution in [-0.4, -0.2) is 14.2 Å². The Hall–Kier alpha value is -1.52. The molecule has 20 heavy (non-hydrogen) atoms. The fourth-order valence-electron chi connectivity index (χ4n) is 2.16. The fourth-order valence-corrected chi connectivity index (χ4v) is 2.54. The second kappa shape index (κ2) is 6.77. The van der Waals surface area contributed by atoms with E-state index in [-0.39, 0.29) is 6.04 Å². The second-order valence-corrected chi connectivity index (χ2v) is 5.46. The number of hydrogen-bond donors (Lipinski definition) is 1. The highest BCUT2D eigenvalue weighted by Gasteiger charge is 2.13. The first-order chi connectivity index (χ1) is 9.63. The molecule has 0 heterocycles. The molecule has 2 aromatic rings. The van der Waals surface area contributed by atoms with Crippen molar-refractivity contribution in [2.45, 2.75) is 12.5 Å². The average molecular weight is 336 g/mol. The summed E-state index contributed by atoms with van der Waals surface area (Å²) in [5.74, 6) is 1.65. The largest absolute Gasteiger partial charge is 0.497 e. The molecule has 0 fully saturated rings. The standard InChI is InChI=1S/C16H18BrNO2/c1-19-13-5-3-4-11(8-13)9-15(18)14-10-12(17)6-7-16(14)20-2/h3-8,10,15H,9,18H2,1-2H3. The van der Waals surface area contributed by atoms with E-state index in [1.165, 1.54) is 0 Å². The number of halogens is 1. The molecule has 2 aromatic carbocycles. The van der Waals surface area contributed by atoms with Gasteiger partial charge in [0.2, 0.25) is 0 Å². The van der Waals surface area contributed by atoms with Crippen molar-refractivity contribution in [1.29, 1.82) is 0 Å². The van der Waals surface area contributed by atoms with Crippen molar-refractivity contribution < 1.29 is 9.47 Å². The molecule has 0 aromatic heterocycles. The van der Waals surface area contributed by atoms with Crippen LogP contribution in [0.1, 0.15) is 17.2 Å². The number of methoxy groups -OCH3 is 2. The van der Waals surface area contributed by atoms with Gasteiger partial charge in [-0.25, -0.2) is 0 Å². The summed E-state index contributed by atoms with van der Waals surface area (Å²) in [5, 5.41) is 0. The normalized spacial score (nSPS) is 12.0. The molecule has 2 rings (SSSR count). The lowest BCUT2D eigenvalue weighted by Gasteiger charge is -2.16. The highest BCUT2D eigenvalue weighted by Crippen LogP contribution is 2.29. The van der Waals surface area contributed by atoms with Gasteiger partial charge in [0.25, 0.3) is 0 Å². The quantitative estimate of drug-likeness (QED) is 0.905. The zero-order valence-corrected chi connectivity index (χ0v) is 13.2. The Bertz CT molecular complexity index is 586. The minimum atomic E-state index is -0.130. The van der Waals surface area contributed by atoms with Crippen LogP contribution < -0.4 is 15.2 Å². The number of benzene rings is 2. The van der Waals surface area contributed by atoms with Crippen molar-refractivity contribution in [3.8, 4) is 11.5 Å². The van der Waals surface area contributed by atoms with E-state index >= 15 is 0 Å².